The lowest BCUT2D eigenvalue weighted by Crippen LogP contribution is -2.58. The first-order valence-corrected chi connectivity index (χ1v) is 13.6. The Morgan fingerprint density at radius 3 is 2.35 bits per heavy atom. The Morgan fingerprint density at radius 1 is 1.05 bits per heavy atom. The van der Waals surface area contributed by atoms with Gasteiger partial charge in [0.25, 0.3) is 5.56 Å². The molecule has 0 saturated carbocycles. The van der Waals surface area contributed by atoms with Crippen LogP contribution in [0.25, 0.3) is 0 Å². The molecule has 3 atom stereocenters. The molecule has 0 amide bonds. The van der Waals surface area contributed by atoms with Crippen LogP contribution in [0.15, 0.2) is 51.2 Å². The fraction of sp³-hybridized carbons (Fsp3) is 0.300. The van der Waals surface area contributed by atoms with Crippen molar-refractivity contribution >= 4 is 35.0 Å². The highest BCUT2D eigenvalue weighted by atomic mass is 35.5. The number of anilines is 1. The lowest BCUT2D eigenvalue weighted by atomic mass is 9.66. The minimum atomic E-state index is -2.03. The number of carbonyl (C=O) groups excluding carboxylic acids is 3. The van der Waals surface area contributed by atoms with Crippen LogP contribution in [0.3, 0.4) is 0 Å². The average molecular weight is 608 g/mol. The van der Waals surface area contributed by atoms with Crippen molar-refractivity contribution < 1.29 is 33.3 Å². The molecule has 6 rings (SSSR count). The highest BCUT2D eigenvalue weighted by molar-refractivity contribution is 6.36. The molecule has 2 aliphatic heterocycles. The normalized spacial score (nSPS) is 21.9. The number of halogens is 1. The highest BCUT2D eigenvalue weighted by Crippen LogP contribution is 2.56. The van der Waals surface area contributed by atoms with Gasteiger partial charge in [0.05, 0.1) is 32.5 Å². The number of ketones is 2. The first-order valence-electron chi connectivity index (χ1n) is 13.2. The number of allylic oxidation sites excluding steroid dienone is 1. The van der Waals surface area contributed by atoms with Crippen LogP contribution in [0.2, 0.25) is 5.02 Å². The number of benzene rings is 2. The Morgan fingerprint density at radius 2 is 1.72 bits per heavy atom. The summed E-state index contributed by atoms with van der Waals surface area (Å²) >= 11 is 6.57. The van der Waals surface area contributed by atoms with Crippen molar-refractivity contribution in [3.05, 3.63) is 89.7 Å². The molecule has 2 aromatic carbocycles. The summed E-state index contributed by atoms with van der Waals surface area (Å²) in [5.74, 6) is -3.10. The Kier molecular flexibility index (Phi) is 6.49. The Hall–Kier alpha value is -4.84. The minimum Gasteiger partial charge on any atom is -0.496 e. The van der Waals surface area contributed by atoms with Crippen molar-refractivity contribution in [2.75, 3.05) is 26.6 Å². The third-order valence-corrected chi connectivity index (χ3v) is 8.76. The fourth-order valence-electron chi connectivity index (χ4n) is 6.23. The monoisotopic (exact) mass is 607 g/mol. The third kappa shape index (κ3) is 3.79. The first-order chi connectivity index (χ1) is 20.5. The molecular weight excluding hydrogens is 582 g/mol. The van der Waals surface area contributed by atoms with Crippen LogP contribution >= 0.6 is 11.6 Å². The van der Waals surface area contributed by atoms with Crippen molar-refractivity contribution in [3.8, 4) is 17.2 Å². The van der Waals surface area contributed by atoms with Crippen LogP contribution in [-0.2, 0) is 16.6 Å². The number of carbonyl (C=O) groups is 3. The predicted molar refractivity (Wildman–Crippen MR) is 154 cm³/mol. The topological polar surface area (TPSA) is 155 Å². The molecule has 13 heteroatoms. The summed E-state index contributed by atoms with van der Waals surface area (Å²) in [5.41, 5.74) is -2.02. The maximum Gasteiger partial charge on any atom is 0.337 e. The molecule has 222 valence electrons. The number of ether oxygens (including phenoxy) is 4. The minimum absolute atomic E-state index is 0.0109. The smallest absolute Gasteiger partial charge is 0.337 e. The summed E-state index contributed by atoms with van der Waals surface area (Å²) in [6.45, 7) is 1.71. The number of aromatic nitrogens is 2. The maximum absolute atomic E-state index is 14.8. The summed E-state index contributed by atoms with van der Waals surface area (Å²) < 4.78 is 23.1. The molecule has 1 aromatic heterocycles. The van der Waals surface area contributed by atoms with Gasteiger partial charge in [-0.25, -0.2) is 9.59 Å². The molecule has 12 nitrogen and oxygen atoms in total. The summed E-state index contributed by atoms with van der Waals surface area (Å²) in [6, 6.07) is 7.66. The molecule has 2 N–H and O–H groups in total. The molecule has 3 unspecified atom stereocenters. The van der Waals surface area contributed by atoms with E-state index in [1.165, 1.54) is 51.1 Å². The summed E-state index contributed by atoms with van der Waals surface area (Å²) in [7, 11) is 5.52. The SMILES string of the molecule is COC(=O)c1ccc(C2C3=C(CC(C)C4(Oc5c(Cl)c(OC)cc(OC)c5C4=O)C3=O)Nc3c2c(=O)[nH]c(=O)n3C)cc1. The average Bonchev–Trinajstić information content (AvgIpc) is 3.32. The number of fused-ring (bicyclic) bond motifs is 2. The van der Waals surface area contributed by atoms with Crippen molar-refractivity contribution in [2.24, 2.45) is 13.0 Å². The number of H-pyrrole nitrogens is 1. The number of nitrogens with one attached hydrogen (secondary N) is 2. The molecule has 1 spiro atoms. The van der Waals surface area contributed by atoms with Gasteiger partial charge in [-0.05, 0) is 24.1 Å². The van der Waals surface area contributed by atoms with Gasteiger partial charge >= 0.3 is 11.7 Å². The van der Waals surface area contributed by atoms with Gasteiger partial charge in [0, 0.05) is 36.2 Å². The Bertz CT molecular complexity index is 1910. The van der Waals surface area contributed by atoms with E-state index < -0.39 is 46.2 Å². The fourth-order valence-corrected chi connectivity index (χ4v) is 6.49. The molecule has 3 aromatic rings. The second kappa shape index (κ2) is 9.87. The first kappa shape index (κ1) is 28.3. The standard InChI is InChI=1S/C30H26ClN3O9/c1-12-10-15-19(24(35)30(12)25(36)20-16(40-3)11-17(41-4)22(31)23(20)43-30)18(13-6-8-14(9-7-13)28(38)42-5)21-26(32-15)34(2)29(39)33-27(21)37/h6-9,11-12,18,32H,10H2,1-5H3,(H,33,37,39). The molecule has 1 aliphatic carbocycles. The number of methoxy groups -OCH3 is 3. The van der Waals surface area contributed by atoms with Gasteiger partial charge in [-0.3, -0.25) is 23.9 Å². The van der Waals surface area contributed by atoms with Gasteiger partial charge in [-0.1, -0.05) is 30.7 Å². The summed E-state index contributed by atoms with van der Waals surface area (Å²) in [4.78, 5) is 69.4. The van der Waals surface area contributed by atoms with Gasteiger partial charge in [0.2, 0.25) is 17.2 Å². The second-order valence-corrected chi connectivity index (χ2v) is 10.9. The molecule has 0 radical (unpaired) electrons. The van der Waals surface area contributed by atoms with E-state index >= 15 is 0 Å². The Labute approximate surface area is 249 Å². The zero-order chi connectivity index (χ0) is 31.0. The quantitative estimate of drug-likeness (QED) is 0.334. The van der Waals surface area contributed by atoms with E-state index in [1.54, 1.807) is 19.1 Å². The van der Waals surface area contributed by atoms with Crippen LogP contribution < -0.4 is 30.8 Å². The van der Waals surface area contributed by atoms with E-state index in [4.69, 9.17) is 30.5 Å². The third-order valence-electron chi connectivity index (χ3n) is 8.40. The molecule has 0 bridgehead atoms. The number of Topliss-reactive ketones (excluding diaryl/α,β-unsaturated/α-hetero) is 2. The van der Waals surface area contributed by atoms with E-state index in [2.05, 4.69) is 10.3 Å². The van der Waals surface area contributed by atoms with Crippen LogP contribution in [0.1, 0.15) is 51.1 Å². The van der Waals surface area contributed by atoms with E-state index in [0.717, 1.165) is 0 Å². The number of esters is 1. The number of aromatic amines is 1. The van der Waals surface area contributed by atoms with Crippen LogP contribution in [0, 0.1) is 5.92 Å². The Balaban J connectivity index is 1.58. The van der Waals surface area contributed by atoms with E-state index in [0.29, 0.717) is 11.3 Å². The van der Waals surface area contributed by atoms with Crippen molar-refractivity contribution in [1.29, 1.82) is 0 Å². The van der Waals surface area contributed by atoms with Crippen LogP contribution in [-0.4, -0.2) is 54.0 Å². The van der Waals surface area contributed by atoms with E-state index in [9.17, 15) is 24.0 Å². The molecule has 3 heterocycles. The largest absolute Gasteiger partial charge is 0.496 e. The van der Waals surface area contributed by atoms with Crippen LogP contribution in [0.5, 0.6) is 17.2 Å². The number of hydrogen-bond acceptors (Lipinski definition) is 10. The summed E-state index contributed by atoms with van der Waals surface area (Å²) in [6.07, 6.45) is 0.148. The second-order valence-electron chi connectivity index (χ2n) is 10.5. The summed E-state index contributed by atoms with van der Waals surface area (Å²) in [5, 5.41) is 3.14. The molecule has 0 saturated heterocycles. The number of rotatable bonds is 4. The van der Waals surface area contributed by atoms with Crippen molar-refractivity contribution in [1.82, 2.24) is 9.55 Å². The van der Waals surface area contributed by atoms with Gasteiger partial charge in [0.1, 0.15) is 27.9 Å². The lowest BCUT2D eigenvalue weighted by Gasteiger charge is -2.42. The van der Waals surface area contributed by atoms with Crippen molar-refractivity contribution in [2.45, 2.75) is 24.9 Å². The number of nitrogens with zero attached hydrogens (tertiary/aromatic N) is 1. The molecule has 43 heavy (non-hydrogen) atoms. The van der Waals surface area contributed by atoms with Gasteiger partial charge in [-0.15, -0.1) is 0 Å². The van der Waals surface area contributed by atoms with Crippen LogP contribution in [0.4, 0.5) is 5.82 Å². The van der Waals surface area contributed by atoms with Gasteiger partial charge in [-0.2, -0.15) is 0 Å². The molecule has 3 aliphatic rings. The predicted octanol–water partition coefficient (Wildman–Crippen LogP) is 2.97. The van der Waals surface area contributed by atoms with Crippen molar-refractivity contribution in [3.63, 3.8) is 0 Å². The lowest BCUT2D eigenvalue weighted by molar-refractivity contribution is -0.130. The zero-order valence-corrected chi connectivity index (χ0v) is 24.5. The molecule has 0 fully saturated rings. The van der Waals surface area contributed by atoms with Gasteiger partial charge < -0.3 is 24.3 Å². The van der Waals surface area contributed by atoms with E-state index in [-0.39, 0.29) is 56.8 Å². The highest BCUT2D eigenvalue weighted by Gasteiger charge is 2.63. The van der Waals surface area contributed by atoms with Gasteiger partial charge in [0.15, 0.2) is 5.75 Å². The molecular formula is C30H26ClN3O9. The maximum atomic E-state index is 14.8. The van der Waals surface area contributed by atoms with E-state index in [1.807, 2.05) is 0 Å². The number of hydrogen-bond donors (Lipinski definition) is 2. The zero-order valence-electron chi connectivity index (χ0n) is 23.7.